The van der Waals surface area contributed by atoms with Crippen LogP contribution in [0.4, 0.5) is 0 Å². The van der Waals surface area contributed by atoms with Crippen LogP contribution in [0.3, 0.4) is 0 Å². The second-order valence-corrected chi connectivity index (χ2v) is 4.10. The number of carbonyl (C=O) groups is 2. The van der Waals surface area contributed by atoms with Crippen molar-refractivity contribution < 1.29 is 14.3 Å². The summed E-state index contributed by atoms with van der Waals surface area (Å²) in [6.07, 6.45) is 0.205. The minimum atomic E-state index is -1.56. The van der Waals surface area contributed by atoms with E-state index in [0.29, 0.717) is 5.56 Å². The van der Waals surface area contributed by atoms with E-state index in [2.05, 4.69) is 4.74 Å². The lowest BCUT2D eigenvalue weighted by Crippen LogP contribution is -2.39. The molecule has 78 valence electrons. The van der Waals surface area contributed by atoms with Gasteiger partial charge in [0.1, 0.15) is 0 Å². The lowest BCUT2D eigenvalue weighted by atomic mass is 10.0. The molecule has 1 aliphatic rings. The Hall–Kier alpha value is -1.35. The number of benzene rings is 1. The molecule has 0 radical (unpaired) electrons. The van der Waals surface area contributed by atoms with Gasteiger partial charge in [0.05, 0.1) is 7.11 Å². The zero-order valence-electron chi connectivity index (χ0n) is 8.12. The number of Topliss-reactive ketones (excluding diaryl/α,β-unsaturated/α-hetero) is 1. The fraction of sp³-hybridized carbons (Fsp3) is 0.273. The van der Waals surface area contributed by atoms with E-state index >= 15 is 0 Å². The molecule has 0 saturated carbocycles. The zero-order chi connectivity index (χ0) is 11.1. The Morgan fingerprint density at radius 2 is 2.13 bits per heavy atom. The molecule has 0 N–H and O–H groups in total. The van der Waals surface area contributed by atoms with Gasteiger partial charge in [0.15, 0.2) is 5.78 Å². The molecule has 0 unspecified atom stereocenters. The summed E-state index contributed by atoms with van der Waals surface area (Å²) in [6, 6.07) is 7.02. The molecule has 1 aliphatic carbocycles. The van der Waals surface area contributed by atoms with E-state index in [1.807, 2.05) is 6.07 Å². The Bertz CT molecular complexity index is 441. The number of fused-ring (bicyclic) bond motifs is 1. The first-order chi connectivity index (χ1) is 7.09. The first-order valence-electron chi connectivity index (χ1n) is 4.49. The molecule has 3 nitrogen and oxygen atoms in total. The van der Waals surface area contributed by atoms with Gasteiger partial charge >= 0.3 is 5.97 Å². The van der Waals surface area contributed by atoms with Gasteiger partial charge in [0.25, 0.3) is 0 Å². The summed E-state index contributed by atoms with van der Waals surface area (Å²) in [4.78, 5) is 21.8. The van der Waals surface area contributed by atoms with Crippen LogP contribution in [-0.2, 0) is 16.0 Å². The number of hydrogen-bond acceptors (Lipinski definition) is 3. The van der Waals surface area contributed by atoms with Crippen molar-refractivity contribution in [3.63, 3.8) is 0 Å². The Labute approximate surface area is 92.0 Å². The Morgan fingerprint density at radius 1 is 1.47 bits per heavy atom. The quantitative estimate of drug-likeness (QED) is 0.413. The van der Waals surface area contributed by atoms with Crippen LogP contribution < -0.4 is 0 Å². The normalized spacial score (nSPS) is 23.7. The third-order valence-corrected chi connectivity index (χ3v) is 3.02. The molecule has 0 amide bonds. The highest BCUT2D eigenvalue weighted by molar-refractivity contribution is 6.49. The van der Waals surface area contributed by atoms with Crippen molar-refractivity contribution in [2.75, 3.05) is 7.11 Å². The summed E-state index contributed by atoms with van der Waals surface area (Å²) in [5.74, 6) is -1.06. The van der Waals surface area contributed by atoms with E-state index < -0.39 is 10.8 Å². The lowest BCUT2D eigenvalue weighted by Gasteiger charge is -2.15. The Morgan fingerprint density at radius 3 is 2.73 bits per heavy atom. The highest BCUT2D eigenvalue weighted by atomic mass is 35.5. The Balaban J connectivity index is 2.47. The fourth-order valence-electron chi connectivity index (χ4n) is 1.78. The fourth-order valence-corrected chi connectivity index (χ4v) is 2.10. The van der Waals surface area contributed by atoms with Gasteiger partial charge in [-0.1, -0.05) is 35.9 Å². The number of hydrogen-bond donors (Lipinski definition) is 0. The van der Waals surface area contributed by atoms with Crippen LogP contribution in [0.5, 0.6) is 0 Å². The largest absolute Gasteiger partial charge is 0.467 e. The summed E-state index contributed by atoms with van der Waals surface area (Å²) >= 11 is 6.01. The van der Waals surface area contributed by atoms with Gasteiger partial charge in [0, 0.05) is 12.0 Å². The molecule has 0 spiro atoms. The number of esters is 1. The molecule has 4 heteroatoms. The monoisotopic (exact) mass is 224 g/mol. The van der Waals surface area contributed by atoms with Gasteiger partial charge in [-0.25, -0.2) is 4.79 Å². The van der Waals surface area contributed by atoms with Crippen molar-refractivity contribution >= 4 is 23.4 Å². The van der Waals surface area contributed by atoms with Gasteiger partial charge in [0.2, 0.25) is 4.87 Å². The topological polar surface area (TPSA) is 43.4 Å². The minimum Gasteiger partial charge on any atom is -0.467 e. The summed E-state index contributed by atoms with van der Waals surface area (Å²) in [7, 11) is 1.22. The molecular formula is C11H9ClO3. The smallest absolute Gasteiger partial charge is 0.335 e. The van der Waals surface area contributed by atoms with Crippen LogP contribution in [0.15, 0.2) is 24.3 Å². The average Bonchev–Trinajstić information content (AvgIpc) is 2.52. The van der Waals surface area contributed by atoms with Gasteiger partial charge in [-0.15, -0.1) is 0 Å². The van der Waals surface area contributed by atoms with Crippen LogP contribution >= 0.6 is 11.6 Å². The second-order valence-electron chi connectivity index (χ2n) is 3.46. The van der Waals surface area contributed by atoms with Gasteiger partial charge < -0.3 is 4.74 Å². The first-order valence-corrected chi connectivity index (χ1v) is 4.87. The van der Waals surface area contributed by atoms with Gasteiger partial charge in [-0.05, 0) is 5.56 Å². The Kier molecular flexibility index (Phi) is 2.27. The maximum Gasteiger partial charge on any atom is 0.335 e. The van der Waals surface area contributed by atoms with Crippen molar-refractivity contribution in [3.05, 3.63) is 35.4 Å². The maximum atomic E-state index is 11.9. The molecule has 0 fully saturated rings. The van der Waals surface area contributed by atoms with E-state index in [4.69, 9.17) is 11.6 Å². The van der Waals surface area contributed by atoms with Crippen molar-refractivity contribution in [1.29, 1.82) is 0 Å². The molecule has 0 bridgehead atoms. The summed E-state index contributed by atoms with van der Waals surface area (Å²) in [5, 5.41) is 0. The molecule has 0 aliphatic heterocycles. The van der Waals surface area contributed by atoms with E-state index in [0.717, 1.165) is 5.56 Å². The maximum absolute atomic E-state index is 11.9. The average molecular weight is 225 g/mol. The number of ether oxygens (including phenoxy) is 1. The molecular weight excluding hydrogens is 216 g/mol. The van der Waals surface area contributed by atoms with E-state index in [1.165, 1.54) is 7.11 Å². The molecule has 0 heterocycles. The lowest BCUT2D eigenvalue weighted by molar-refractivity contribution is -0.142. The van der Waals surface area contributed by atoms with Crippen LogP contribution in [0, 0.1) is 0 Å². The van der Waals surface area contributed by atoms with E-state index in [-0.39, 0.29) is 12.2 Å². The van der Waals surface area contributed by atoms with Crippen LogP contribution in [0.25, 0.3) is 0 Å². The molecule has 2 rings (SSSR count). The van der Waals surface area contributed by atoms with Crippen molar-refractivity contribution in [1.82, 2.24) is 0 Å². The van der Waals surface area contributed by atoms with E-state index in [1.54, 1.807) is 18.2 Å². The summed E-state index contributed by atoms with van der Waals surface area (Å²) < 4.78 is 4.55. The van der Waals surface area contributed by atoms with E-state index in [9.17, 15) is 9.59 Å². The molecule has 0 saturated heterocycles. The third-order valence-electron chi connectivity index (χ3n) is 2.56. The summed E-state index contributed by atoms with van der Waals surface area (Å²) in [5.41, 5.74) is 1.31. The third kappa shape index (κ3) is 1.35. The van der Waals surface area contributed by atoms with Gasteiger partial charge in [-0.3, -0.25) is 4.79 Å². The van der Waals surface area contributed by atoms with Crippen LogP contribution in [-0.4, -0.2) is 23.7 Å². The first kappa shape index (κ1) is 10.2. The molecule has 1 aromatic rings. The molecule has 1 aromatic carbocycles. The number of carbonyl (C=O) groups excluding carboxylic acids is 2. The number of alkyl halides is 1. The SMILES string of the molecule is COC(=O)[C@@]1(Cl)Cc2ccccc2C1=O. The predicted octanol–water partition coefficient (Wildman–Crippen LogP) is 1.58. The van der Waals surface area contributed by atoms with Crippen molar-refractivity contribution in [2.24, 2.45) is 0 Å². The number of halogens is 1. The highest BCUT2D eigenvalue weighted by Crippen LogP contribution is 2.35. The van der Waals surface area contributed by atoms with Crippen molar-refractivity contribution in [3.8, 4) is 0 Å². The standard InChI is InChI=1S/C11H9ClO3/c1-15-10(14)11(12)6-7-4-2-3-5-8(7)9(11)13/h2-5H,6H2,1H3/t11-/m1/s1. The summed E-state index contributed by atoms with van der Waals surface area (Å²) in [6.45, 7) is 0. The van der Waals surface area contributed by atoms with Crippen molar-refractivity contribution in [2.45, 2.75) is 11.3 Å². The molecule has 15 heavy (non-hydrogen) atoms. The molecule has 0 aromatic heterocycles. The second kappa shape index (κ2) is 3.35. The van der Waals surface area contributed by atoms with Crippen LogP contribution in [0.2, 0.25) is 0 Å². The van der Waals surface area contributed by atoms with Crippen LogP contribution in [0.1, 0.15) is 15.9 Å². The number of ketones is 1. The zero-order valence-corrected chi connectivity index (χ0v) is 8.88. The minimum absolute atomic E-state index is 0.205. The molecule has 1 atom stereocenters. The highest BCUT2D eigenvalue weighted by Gasteiger charge is 2.51. The van der Waals surface area contributed by atoms with Gasteiger partial charge in [-0.2, -0.15) is 0 Å². The number of methoxy groups -OCH3 is 1. The number of rotatable bonds is 1. The predicted molar refractivity (Wildman–Crippen MR) is 55.1 cm³/mol.